The van der Waals surface area contributed by atoms with Gasteiger partial charge in [0.2, 0.25) is 4.74 Å². The van der Waals surface area contributed by atoms with E-state index in [-0.39, 0.29) is 5.56 Å². The van der Waals surface area contributed by atoms with Gasteiger partial charge in [-0.25, -0.2) is 4.39 Å². The summed E-state index contributed by atoms with van der Waals surface area (Å²) in [6, 6.07) is 12.5. The first kappa shape index (κ1) is 10.3. The van der Waals surface area contributed by atoms with Crippen LogP contribution >= 0.6 is 15.9 Å². The van der Waals surface area contributed by atoms with Gasteiger partial charge in [-0.1, -0.05) is 36.4 Å². The van der Waals surface area contributed by atoms with E-state index >= 15 is 0 Å². The van der Waals surface area contributed by atoms with Crippen molar-refractivity contribution in [1.29, 1.82) is 0 Å². The zero-order valence-electron chi connectivity index (χ0n) is 7.68. The molecule has 0 amide bonds. The number of rotatable bonds is 1. The molecule has 0 radical (unpaired) electrons. The summed E-state index contributed by atoms with van der Waals surface area (Å²) in [6.07, 6.45) is 0. The summed E-state index contributed by atoms with van der Waals surface area (Å²) in [7, 11) is 0. The molecule has 0 aliphatic heterocycles. The normalized spacial score (nSPS) is 12.7. The zero-order valence-corrected chi connectivity index (χ0v) is 9.26. The van der Waals surface area contributed by atoms with Crippen LogP contribution in [-0.4, -0.2) is 0 Å². The molecule has 0 aliphatic carbocycles. The number of hydrogen-bond donors (Lipinski definition) is 0. The van der Waals surface area contributed by atoms with Crippen LogP contribution in [-0.2, 0) is 0 Å². The van der Waals surface area contributed by atoms with Gasteiger partial charge in [0.25, 0.3) is 0 Å². The van der Waals surface area contributed by atoms with E-state index in [1.165, 1.54) is 0 Å². The predicted octanol–water partition coefficient (Wildman–Crippen LogP) is 4.80. The third-order valence-electron chi connectivity index (χ3n) is 2.17. The van der Waals surface area contributed by atoms with Crippen molar-refractivity contribution in [3.8, 4) is 0 Å². The van der Waals surface area contributed by atoms with Crippen molar-refractivity contribution in [3.05, 3.63) is 52.8 Å². The van der Waals surface area contributed by atoms with Crippen molar-refractivity contribution in [2.24, 2.45) is 0 Å². The summed E-state index contributed by atoms with van der Waals surface area (Å²) in [5, 5.41) is 1.89. The standard InChI is InChI=1S/C12H7BrF2/c13-12(15)11(14)10-6-5-8-3-1-2-4-9(8)7-10/h1-7H/b12-11-. The number of fused-ring (bicyclic) bond motifs is 1. The van der Waals surface area contributed by atoms with Crippen LogP contribution in [0, 0.1) is 0 Å². The van der Waals surface area contributed by atoms with E-state index in [2.05, 4.69) is 15.9 Å². The van der Waals surface area contributed by atoms with Gasteiger partial charge in [0.1, 0.15) is 0 Å². The minimum Gasteiger partial charge on any atom is -0.202 e. The lowest BCUT2D eigenvalue weighted by Crippen LogP contribution is -1.80. The first-order valence-corrected chi connectivity index (χ1v) is 5.18. The summed E-state index contributed by atoms with van der Waals surface area (Å²) in [5.41, 5.74) is 0.239. The highest BCUT2D eigenvalue weighted by Crippen LogP contribution is 2.27. The Bertz CT molecular complexity index is 528. The van der Waals surface area contributed by atoms with E-state index in [4.69, 9.17) is 0 Å². The molecule has 0 N–H and O–H groups in total. The number of halogens is 3. The summed E-state index contributed by atoms with van der Waals surface area (Å²) in [6.45, 7) is 0. The minimum atomic E-state index is -0.974. The number of hydrogen-bond acceptors (Lipinski definition) is 0. The maximum absolute atomic E-state index is 13.2. The van der Waals surface area contributed by atoms with Gasteiger partial charge in [0.15, 0.2) is 5.83 Å². The van der Waals surface area contributed by atoms with Gasteiger partial charge in [-0.15, -0.1) is 0 Å². The smallest absolute Gasteiger partial charge is 0.201 e. The lowest BCUT2D eigenvalue weighted by molar-refractivity contribution is 0.659. The third-order valence-corrected chi connectivity index (χ3v) is 2.52. The summed E-state index contributed by atoms with van der Waals surface area (Å²) in [4.78, 5) is 0. The minimum absolute atomic E-state index is 0.239. The SMILES string of the molecule is F/C(Br)=C(\F)c1ccc2ccccc2c1. The lowest BCUT2D eigenvalue weighted by atomic mass is 10.1. The maximum Gasteiger partial charge on any atom is 0.201 e. The van der Waals surface area contributed by atoms with Crippen LogP contribution in [0.1, 0.15) is 5.56 Å². The fraction of sp³-hybridized carbons (Fsp3) is 0. The Kier molecular flexibility index (Phi) is 2.82. The Morgan fingerprint density at radius 3 is 2.27 bits per heavy atom. The van der Waals surface area contributed by atoms with Crippen molar-refractivity contribution >= 4 is 32.5 Å². The Labute approximate surface area is 94.4 Å². The molecule has 0 unspecified atom stereocenters. The summed E-state index contributed by atoms with van der Waals surface area (Å²) in [5.74, 6) is -0.874. The van der Waals surface area contributed by atoms with Crippen LogP contribution in [0.4, 0.5) is 8.78 Å². The third kappa shape index (κ3) is 2.07. The van der Waals surface area contributed by atoms with E-state index in [9.17, 15) is 8.78 Å². The Hall–Kier alpha value is -1.22. The molecule has 0 atom stereocenters. The molecule has 0 bridgehead atoms. The molecule has 0 aliphatic rings. The van der Waals surface area contributed by atoms with Gasteiger partial charge < -0.3 is 0 Å². The molecular formula is C12H7BrF2. The maximum atomic E-state index is 13.2. The molecule has 0 saturated carbocycles. The van der Waals surface area contributed by atoms with Gasteiger partial charge in [0, 0.05) is 5.56 Å². The molecule has 0 heterocycles. The molecule has 76 valence electrons. The van der Waals surface area contributed by atoms with Crippen molar-refractivity contribution in [2.75, 3.05) is 0 Å². The molecule has 2 aromatic rings. The van der Waals surface area contributed by atoms with Gasteiger partial charge >= 0.3 is 0 Å². The fourth-order valence-corrected chi connectivity index (χ4v) is 1.66. The van der Waals surface area contributed by atoms with E-state index in [1.807, 2.05) is 24.3 Å². The van der Waals surface area contributed by atoms with Gasteiger partial charge in [-0.05, 0) is 32.8 Å². The molecule has 2 aromatic carbocycles. The average molecular weight is 269 g/mol. The van der Waals surface area contributed by atoms with E-state index in [0.717, 1.165) is 10.8 Å². The quantitative estimate of drug-likeness (QED) is 0.697. The molecule has 0 nitrogen and oxygen atoms in total. The first-order valence-electron chi connectivity index (χ1n) is 4.38. The highest BCUT2D eigenvalue weighted by atomic mass is 79.9. The fourth-order valence-electron chi connectivity index (χ4n) is 1.43. The van der Waals surface area contributed by atoms with Crippen LogP contribution in [0.15, 0.2) is 47.2 Å². The van der Waals surface area contributed by atoms with Gasteiger partial charge in [-0.2, -0.15) is 4.39 Å². The van der Waals surface area contributed by atoms with Crippen LogP contribution in [0.3, 0.4) is 0 Å². The summed E-state index contributed by atoms with van der Waals surface area (Å²) >= 11 is 2.48. The largest absolute Gasteiger partial charge is 0.202 e. The van der Waals surface area contributed by atoms with E-state index in [0.29, 0.717) is 0 Å². The Balaban J connectivity index is 2.62. The number of benzene rings is 2. The topological polar surface area (TPSA) is 0 Å². The van der Waals surface area contributed by atoms with Crippen LogP contribution in [0.2, 0.25) is 0 Å². The van der Waals surface area contributed by atoms with Crippen LogP contribution in [0.25, 0.3) is 16.6 Å². The van der Waals surface area contributed by atoms with Gasteiger partial charge in [-0.3, -0.25) is 0 Å². The molecule has 0 saturated heterocycles. The summed E-state index contributed by atoms with van der Waals surface area (Å²) < 4.78 is 24.9. The average Bonchev–Trinajstić information content (AvgIpc) is 2.27. The van der Waals surface area contributed by atoms with Crippen LogP contribution < -0.4 is 0 Å². The molecule has 0 spiro atoms. The van der Waals surface area contributed by atoms with E-state index < -0.39 is 10.6 Å². The predicted molar refractivity (Wildman–Crippen MR) is 62.0 cm³/mol. The van der Waals surface area contributed by atoms with E-state index in [1.54, 1.807) is 18.2 Å². The molecule has 2 rings (SSSR count). The van der Waals surface area contributed by atoms with Crippen molar-refractivity contribution in [1.82, 2.24) is 0 Å². The Morgan fingerprint density at radius 1 is 0.933 bits per heavy atom. The van der Waals surface area contributed by atoms with Gasteiger partial charge in [0.05, 0.1) is 0 Å². The molecule has 3 heteroatoms. The molecular weight excluding hydrogens is 262 g/mol. The second-order valence-corrected chi connectivity index (χ2v) is 3.83. The molecule has 0 fully saturated rings. The molecule has 0 aromatic heterocycles. The monoisotopic (exact) mass is 268 g/mol. The second kappa shape index (κ2) is 4.11. The second-order valence-electron chi connectivity index (χ2n) is 3.14. The van der Waals surface area contributed by atoms with Crippen molar-refractivity contribution < 1.29 is 8.78 Å². The highest BCUT2D eigenvalue weighted by molar-refractivity contribution is 9.11. The van der Waals surface area contributed by atoms with Crippen molar-refractivity contribution in [3.63, 3.8) is 0 Å². The van der Waals surface area contributed by atoms with Crippen LogP contribution in [0.5, 0.6) is 0 Å². The highest BCUT2D eigenvalue weighted by Gasteiger charge is 2.06. The molecule has 15 heavy (non-hydrogen) atoms. The zero-order chi connectivity index (χ0) is 10.8. The van der Waals surface area contributed by atoms with Crippen molar-refractivity contribution in [2.45, 2.75) is 0 Å². The Morgan fingerprint density at radius 2 is 1.60 bits per heavy atom. The lowest BCUT2D eigenvalue weighted by Gasteiger charge is -2.01. The first-order chi connectivity index (χ1) is 7.18.